The predicted octanol–water partition coefficient (Wildman–Crippen LogP) is 6.38. The number of rotatable bonds is 9. The highest BCUT2D eigenvalue weighted by Crippen LogP contribution is 2.31. The number of amides is 1. The molecule has 2 atom stereocenters. The van der Waals surface area contributed by atoms with Gasteiger partial charge in [0.05, 0.1) is 0 Å². The summed E-state index contributed by atoms with van der Waals surface area (Å²) in [6.45, 7) is 12.8. The van der Waals surface area contributed by atoms with E-state index in [2.05, 4.69) is 52.1 Å². The molecule has 3 nitrogen and oxygen atoms in total. The Bertz CT molecular complexity index is 511. The summed E-state index contributed by atoms with van der Waals surface area (Å²) >= 11 is 0. The zero-order chi connectivity index (χ0) is 18.1. The van der Waals surface area contributed by atoms with Crippen LogP contribution in [0.2, 0.25) is 0 Å². The number of ether oxygens (including phenoxy) is 1. The van der Waals surface area contributed by atoms with E-state index in [1.165, 1.54) is 18.4 Å². The Morgan fingerprint density at radius 1 is 1.12 bits per heavy atom. The highest BCUT2D eigenvalue weighted by Gasteiger charge is 2.16. The van der Waals surface area contributed by atoms with Crippen molar-refractivity contribution < 1.29 is 9.53 Å². The molecule has 0 heterocycles. The summed E-state index contributed by atoms with van der Waals surface area (Å²) in [4.78, 5) is 12.2. The Morgan fingerprint density at radius 2 is 1.83 bits per heavy atom. The Labute approximate surface area is 148 Å². The monoisotopic (exact) mass is 333 g/mol. The van der Waals surface area contributed by atoms with Crippen molar-refractivity contribution in [1.29, 1.82) is 0 Å². The van der Waals surface area contributed by atoms with Crippen LogP contribution in [0.5, 0.6) is 5.75 Å². The lowest BCUT2D eigenvalue weighted by Gasteiger charge is -2.18. The number of unbranched alkanes of at least 4 members (excludes halogenated alkanes) is 2. The van der Waals surface area contributed by atoms with E-state index in [0.717, 1.165) is 24.8 Å². The highest BCUT2D eigenvalue weighted by atomic mass is 16.6. The van der Waals surface area contributed by atoms with Crippen molar-refractivity contribution in [3.05, 3.63) is 29.3 Å². The Balaban J connectivity index is 2.78. The fraction of sp³-hybridized carbons (Fsp3) is 0.667. The fourth-order valence-electron chi connectivity index (χ4n) is 2.76. The maximum atomic E-state index is 12.2. The third kappa shape index (κ3) is 6.54. The largest absolute Gasteiger partial charge is 0.412 e. The lowest BCUT2D eigenvalue weighted by molar-refractivity contribution is 0.195. The highest BCUT2D eigenvalue weighted by molar-refractivity contribution is 5.71. The van der Waals surface area contributed by atoms with E-state index in [-0.39, 0.29) is 12.1 Å². The van der Waals surface area contributed by atoms with Crippen molar-refractivity contribution in [2.75, 3.05) is 0 Å². The van der Waals surface area contributed by atoms with Crippen LogP contribution in [0.4, 0.5) is 4.79 Å². The first-order chi connectivity index (χ1) is 11.4. The molecule has 0 saturated carbocycles. The molecule has 0 fully saturated rings. The number of carbonyl (C=O) groups is 1. The van der Waals surface area contributed by atoms with Gasteiger partial charge in [-0.2, -0.15) is 0 Å². The average Bonchev–Trinajstić information content (AvgIpc) is 2.53. The van der Waals surface area contributed by atoms with E-state index >= 15 is 0 Å². The first-order valence-corrected chi connectivity index (χ1v) is 9.51. The van der Waals surface area contributed by atoms with Crippen LogP contribution >= 0.6 is 0 Å². The van der Waals surface area contributed by atoms with Crippen molar-refractivity contribution in [3.8, 4) is 5.75 Å². The number of benzene rings is 1. The normalized spacial score (nSPS) is 13.6. The molecule has 0 aliphatic carbocycles. The summed E-state index contributed by atoms with van der Waals surface area (Å²) in [5, 5.41) is 2.95. The van der Waals surface area contributed by atoms with Gasteiger partial charge in [-0.25, -0.2) is 4.79 Å². The molecule has 1 N–H and O–H groups in total. The van der Waals surface area contributed by atoms with Gasteiger partial charge in [-0.05, 0) is 48.8 Å². The quantitative estimate of drug-likeness (QED) is 0.532. The van der Waals surface area contributed by atoms with Gasteiger partial charge in [-0.1, -0.05) is 66.0 Å². The molecule has 2 unspecified atom stereocenters. The molecule has 0 aliphatic rings. The molecule has 1 rings (SSSR count). The molecule has 24 heavy (non-hydrogen) atoms. The van der Waals surface area contributed by atoms with Crippen molar-refractivity contribution in [3.63, 3.8) is 0 Å². The first kappa shape index (κ1) is 20.5. The van der Waals surface area contributed by atoms with E-state index in [9.17, 15) is 4.79 Å². The van der Waals surface area contributed by atoms with Crippen LogP contribution in [0, 0.1) is 0 Å². The number of nitrogens with one attached hydrogen (secondary N) is 1. The summed E-state index contributed by atoms with van der Waals surface area (Å²) in [6, 6.07) is 6.43. The Kier molecular flexibility index (Phi) is 8.88. The summed E-state index contributed by atoms with van der Waals surface area (Å²) in [7, 11) is 0. The molecule has 136 valence electrons. The van der Waals surface area contributed by atoms with Crippen LogP contribution in [-0.2, 0) is 0 Å². The molecule has 0 spiro atoms. The molecular formula is C21H35NO2. The molecular weight excluding hydrogens is 298 g/mol. The second kappa shape index (κ2) is 10.4. The lowest BCUT2D eigenvalue weighted by Crippen LogP contribution is -2.35. The summed E-state index contributed by atoms with van der Waals surface area (Å²) < 4.78 is 5.67. The van der Waals surface area contributed by atoms with Gasteiger partial charge in [0.1, 0.15) is 5.75 Å². The van der Waals surface area contributed by atoms with E-state index in [4.69, 9.17) is 4.74 Å². The molecule has 1 aromatic rings. The lowest BCUT2D eigenvalue weighted by atomic mass is 9.94. The topological polar surface area (TPSA) is 38.3 Å². The second-order valence-corrected chi connectivity index (χ2v) is 7.19. The van der Waals surface area contributed by atoms with Gasteiger partial charge in [0, 0.05) is 6.04 Å². The minimum Gasteiger partial charge on any atom is -0.410 e. The fourth-order valence-corrected chi connectivity index (χ4v) is 2.76. The second-order valence-electron chi connectivity index (χ2n) is 7.19. The minimum atomic E-state index is -0.345. The zero-order valence-corrected chi connectivity index (χ0v) is 16.3. The van der Waals surface area contributed by atoms with Gasteiger partial charge in [0.2, 0.25) is 0 Å². The van der Waals surface area contributed by atoms with E-state index in [1.54, 1.807) is 0 Å². The van der Waals surface area contributed by atoms with Gasteiger partial charge in [-0.3, -0.25) is 0 Å². The van der Waals surface area contributed by atoms with Crippen LogP contribution in [0.3, 0.4) is 0 Å². The molecule has 1 amide bonds. The molecule has 0 radical (unpaired) electrons. The Morgan fingerprint density at radius 3 is 2.42 bits per heavy atom. The summed E-state index contributed by atoms with van der Waals surface area (Å²) in [6.07, 6.45) is 5.25. The van der Waals surface area contributed by atoms with Crippen molar-refractivity contribution in [2.45, 2.75) is 91.5 Å². The van der Waals surface area contributed by atoms with E-state index < -0.39 is 0 Å². The van der Waals surface area contributed by atoms with Gasteiger partial charge in [0.25, 0.3) is 0 Å². The minimum absolute atomic E-state index is 0.143. The summed E-state index contributed by atoms with van der Waals surface area (Å²) in [5.41, 5.74) is 2.30. The average molecular weight is 334 g/mol. The number of hydrogen-bond donors (Lipinski definition) is 1. The number of carbonyl (C=O) groups excluding carboxylic acids is 1. The Hall–Kier alpha value is -1.51. The number of hydrogen-bond acceptors (Lipinski definition) is 2. The third-order valence-corrected chi connectivity index (χ3v) is 4.65. The molecule has 0 saturated heterocycles. The summed E-state index contributed by atoms with van der Waals surface area (Å²) in [5.74, 6) is 1.48. The van der Waals surface area contributed by atoms with Crippen LogP contribution < -0.4 is 10.1 Å². The molecule has 0 aliphatic heterocycles. The van der Waals surface area contributed by atoms with Crippen molar-refractivity contribution >= 4 is 6.09 Å². The van der Waals surface area contributed by atoms with Crippen molar-refractivity contribution in [1.82, 2.24) is 5.32 Å². The first-order valence-electron chi connectivity index (χ1n) is 9.51. The molecule has 0 bridgehead atoms. The van der Waals surface area contributed by atoms with Crippen LogP contribution in [0.25, 0.3) is 0 Å². The predicted molar refractivity (Wildman–Crippen MR) is 102 cm³/mol. The zero-order valence-electron chi connectivity index (χ0n) is 16.3. The maximum absolute atomic E-state index is 12.2. The van der Waals surface area contributed by atoms with Crippen LogP contribution in [0.15, 0.2) is 18.2 Å². The van der Waals surface area contributed by atoms with Crippen LogP contribution in [0.1, 0.15) is 96.6 Å². The van der Waals surface area contributed by atoms with Crippen LogP contribution in [-0.4, -0.2) is 12.1 Å². The molecule has 1 aromatic carbocycles. The maximum Gasteiger partial charge on any atom is 0.412 e. The van der Waals surface area contributed by atoms with Gasteiger partial charge < -0.3 is 10.1 Å². The van der Waals surface area contributed by atoms with Crippen molar-refractivity contribution in [2.24, 2.45) is 0 Å². The van der Waals surface area contributed by atoms with Gasteiger partial charge in [-0.15, -0.1) is 0 Å². The molecule has 0 aromatic heterocycles. The molecule has 3 heteroatoms. The SMILES string of the molecule is CCCCCC(C)NC(=O)Oc1cc(C(C)CC)ccc1C(C)C. The van der Waals surface area contributed by atoms with E-state index in [0.29, 0.717) is 17.6 Å². The third-order valence-electron chi connectivity index (χ3n) is 4.65. The standard InChI is InChI=1S/C21H35NO2/c1-7-9-10-11-17(6)22-21(23)24-20-14-18(16(5)8-2)12-13-19(20)15(3)4/h12-17H,7-11H2,1-6H3,(H,22,23). The van der Waals surface area contributed by atoms with E-state index in [1.807, 2.05) is 13.0 Å². The smallest absolute Gasteiger partial charge is 0.410 e. The van der Waals surface area contributed by atoms with Gasteiger partial charge in [0.15, 0.2) is 0 Å². The van der Waals surface area contributed by atoms with Gasteiger partial charge >= 0.3 is 6.09 Å².